The summed E-state index contributed by atoms with van der Waals surface area (Å²) >= 11 is 1.72. The number of aromatic nitrogens is 1. The molecule has 1 aliphatic heterocycles. The number of thiophene rings is 1. The van der Waals surface area contributed by atoms with Crippen molar-refractivity contribution in [3.8, 4) is 0 Å². The van der Waals surface area contributed by atoms with E-state index < -0.39 is 5.97 Å². The Morgan fingerprint density at radius 2 is 2.14 bits per heavy atom. The topological polar surface area (TPSA) is 70.5 Å². The molecule has 1 N–H and O–H groups in total. The molecular formula is C15H14N2O3S. The fraction of sp³-hybridized carbons (Fsp3) is 0.267. The second-order valence-electron chi connectivity index (χ2n) is 4.98. The lowest BCUT2D eigenvalue weighted by atomic mass is 10.1. The Balaban J connectivity index is 1.83. The van der Waals surface area contributed by atoms with Crippen molar-refractivity contribution < 1.29 is 14.7 Å². The van der Waals surface area contributed by atoms with Gasteiger partial charge in [-0.3, -0.25) is 4.79 Å². The van der Waals surface area contributed by atoms with E-state index in [0.29, 0.717) is 24.5 Å². The number of pyridine rings is 1. The maximum atomic E-state index is 12.5. The van der Waals surface area contributed by atoms with Crippen molar-refractivity contribution in [3.63, 3.8) is 0 Å². The SMILES string of the molecule is Cc1nc(C(=O)N2CCc3sccc3C2)ccc1C(=O)O. The summed E-state index contributed by atoms with van der Waals surface area (Å²) in [6.45, 7) is 2.88. The molecule has 0 spiro atoms. The van der Waals surface area contributed by atoms with Gasteiger partial charge in [-0.1, -0.05) is 0 Å². The minimum atomic E-state index is -1.03. The summed E-state index contributed by atoms with van der Waals surface area (Å²) in [7, 11) is 0. The van der Waals surface area contributed by atoms with E-state index in [-0.39, 0.29) is 11.5 Å². The van der Waals surface area contributed by atoms with E-state index in [4.69, 9.17) is 5.11 Å². The van der Waals surface area contributed by atoms with Crippen LogP contribution in [-0.2, 0) is 13.0 Å². The Bertz CT molecular complexity index is 723. The molecule has 21 heavy (non-hydrogen) atoms. The lowest BCUT2D eigenvalue weighted by molar-refractivity contribution is 0.0689. The first-order valence-corrected chi connectivity index (χ1v) is 7.49. The average Bonchev–Trinajstić information content (AvgIpc) is 2.93. The molecule has 108 valence electrons. The molecule has 0 atom stereocenters. The van der Waals surface area contributed by atoms with Gasteiger partial charge in [0.2, 0.25) is 0 Å². The summed E-state index contributed by atoms with van der Waals surface area (Å²) in [5.74, 6) is -1.17. The van der Waals surface area contributed by atoms with Crippen LogP contribution in [0.15, 0.2) is 23.6 Å². The smallest absolute Gasteiger partial charge is 0.337 e. The second-order valence-corrected chi connectivity index (χ2v) is 5.98. The fourth-order valence-corrected chi connectivity index (χ4v) is 3.38. The standard InChI is InChI=1S/C15H14N2O3S/c1-9-11(15(19)20)2-3-12(16-9)14(18)17-6-4-13-10(8-17)5-7-21-13/h2-3,5,7H,4,6,8H2,1H3,(H,19,20). The molecule has 0 fully saturated rings. The van der Waals surface area contributed by atoms with Crippen molar-refractivity contribution in [1.29, 1.82) is 0 Å². The highest BCUT2D eigenvalue weighted by atomic mass is 32.1. The Morgan fingerprint density at radius 1 is 1.33 bits per heavy atom. The number of hydrogen-bond donors (Lipinski definition) is 1. The zero-order chi connectivity index (χ0) is 15.0. The molecule has 0 radical (unpaired) electrons. The van der Waals surface area contributed by atoms with Crippen LogP contribution >= 0.6 is 11.3 Å². The summed E-state index contributed by atoms with van der Waals surface area (Å²) in [5.41, 5.74) is 1.99. The molecule has 2 aromatic rings. The third kappa shape index (κ3) is 2.54. The summed E-state index contributed by atoms with van der Waals surface area (Å²) in [4.78, 5) is 30.7. The van der Waals surface area contributed by atoms with Gasteiger partial charge in [0.05, 0.1) is 11.3 Å². The third-order valence-electron chi connectivity index (χ3n) is 3.63. The first-order valence-electron chi connectivity index (χ1n) is 6.61. The quantitative estimate of drug-likeness (QED) is 0.924. The van der Waals surface area contributed by atoms with Crippen LogP contribution in [0.5, 0.6) is 0 Å². The number of rotatable bonds is 2. The van der Waals surface area contributed by atoms with Gasteiger partial charge in [-0.05, 0) is 42.5 Å². The largest absolute Gasteiger partial charge is 0.478 e. The lowest BCUT2D eigenvalue weighted by Gasteiger charge is -2.26. The Labute approximate surface area is 125 Å². The number of aromatic carboxylic acids is 1. The number of nitrogens with zero attached hydrogens (tertiary/aromatic N) is 2. The molecule has 6 heteroatoms. The summed E-state index contributed by atoms with van der Waals surface area (Å²) in [6, 6.07) is 4.98. The van der Waals surface area contributed by atoms with E-state index in [2.05, 4.69) is 4.98 Å². The molecule has 2 aromatic heterocycles. The van der Waals surface area contributed by atoms with Gasteiger partial charge in [0.15, 0.2) is 0 Å². The molecule has 0 unspecified atom stereocenters. The number of carbonyl (C=O) groups excluding carboxylic acids is 1. The molecule has 5 nitrogen and oxygen atoms in total. The molecule has 0 aliphatic carbocycles. The Morgan fingerprint density at radius 3 is 2.86 bits per heavy atom. The Kier molecular flexibility index (Phi) is 3.47. The van der Waals surface area contributed by atoms with Gasteiger partial charge in [-0.2, -0.15) is 0 Å². The van der Waals surface area contributed by atoms with Gasteiger partial charge in [-0.15, -0.1) is 11.3 Å². The van der Waals surface area contributed by atoms with Crippen LogP contribution in [-0.4, -0.2) is 33.4 Å². The number of carbonyl (C=O) groups is 2. The lowest BCUT2D eigenvalue weighted by Crippen LogP contribution is -2.35. The first kappa shape index (κ1) is 13.8. The van der Waals surface area contributed by atoms with Gasteiger partial charge >= 0.3 is 5.97 Å². The summed E-state index contributed by atoms with van der Waals surface area (Å²) in [6.07, 6.45) is 0.866. The molecule has 0 bridgehead atoms. The molecule has 0 saturated carbocycles. The van der Waals surface area contributed by atoms with Crippen molar-refractivity contribution >= 4 is 23.2 Å². The van der Waals surface area contributed by atoms with Crippen LogP contribution < -0.4 is 0 Å². The summed E-state index contributed by atoms with van der Waals surface area (Å²) in [5, 5.41) is 11.0. The van der Waals surface area contributed by atoms with E-state index in [9.17, 15) is 9.59 Å². The van der Waals surface area contributed by atoms with Crippen molar-refractivity contribution in [2.45, 2.75) is 19.9 Å². The third-order valence-corrected chi connectivity index (χ3v) is 4.65. The van der Waals surface area contributed by atoms with Crippen LogP contribution in [0.3, 0.4) is 0 Å². The zero-order valence-electron chi connectivity index (χ0n) is 11.5. The average molecular weight is 302 g/mol. The fourth-order valence-electron chi connectivity index (χ4n) is 2.49. The zero-order valence-corrected chi connectivity index (χ0v) is 12.3. The number of hydrogen-bond acceptors (Lipinski definition) is 4. The van der Waals surface area contributed by atoms with Crippen molar-refractivity contribution in [3.05, 3.63) is 51.0 Å². The minimum Gasteiger partial charge on any atom is -0.478 e. The van der Waals surface area contributed by atoms with Crippen LogP contribution in [0, 0.1) is 6.92 Å². The van der Waals surface area contributed by atoms with Gasteiger partial charge in [0.25, 0.3) is 5.91 Å². The number of amides is 1. The van der Waals surface area contributed by atoms with E-state index in [1.54, 1.807) is 23.2 Å². The summed E-state index contributed by atoms with van der Waals surface area (Å²) < 4.78 is 0. The van der Waals surface area contributed by atoms with E-state index in [0.717, 1.165) is 6.42 Å². The molecule has 3 rings (SSSR count). The molecule has 3 heterocycles. The van der Waals surface area contributed by atoms with Gasteiger partial charge in [0.1, 0.15) is 5.69 Å². The van der Waals surface area contributed by atoms with Crippen molar-refractivity contribution in [1.82, 2.24) is 9.88 Å². The highest BCUT2D eigenvalue weighted by Crippen LogP contribution is 2.24. The number of carboxylic acid groups (broad SMARTS) is 1. The van der Waals surface area contributed by atoms with Crippen LogP contribution in [0.1, 0.15) is 37.0 Å². The molecule has 0 aromatic carbocycles. The van der Waals surface area contributed by atoms with E-state index in [1.165, 1.54) is 22.6 Å². The molecule has 1 amide bonds. The highest BCUT2D eigenvalue weighted by Gasteiger charge is 2.24. The van der Waals surface area contributed by atoms with Crippen LogP contribution in [0.25, 0.3) is 0 Å². The number of fused-ring (bicyclic) bond motifs is 1. The second kappa shape index (κ2) is 5.29. The van der Waals surface area contributed by atoms with Crippen molar-refractivity contribution in [2.24, 2.45) is 0 Å². The monoisotopic (exact) mass is 302 g/mol. The Hall–Kier alpha value is -2.21. The van der Waals surface area contributed by atoms with Crippen molar-refractivity contribution in [2.75, 3.05) is 6.54 Å². The van der Waals surface area contributed by atoms with E-state index in [1.807, 2.05) is 11.4 Å². The van der Waals surface area contributed by atoms with Crippen LogP contribution in [0.2, 0.25) is 0 Å². The van der Waals surface area contributed by atoms with Gasteiger partial charge < -0.3 is 10.0 Å². The first-order chi connectivity index (χ1) is 10.1. The number of aryl methyl sites for hydroxylation is 1. The van der Waals surface area contributed by atoms with Crippen LogP contribution in [0.4, 0.5) is 0 Å². The highest BCUT2D eigenvalue weighted by molar-refractivity contribution is 7.10. The maximum Gasteiger partial charge on any atom is 0.337 e. The van der Waals surface area contributed by atoms with Gasteiger partial charge in [0, 0.05) is 18.0 Å². The molecular weight excluding hydrogens is 288 g/mol. The predicted octanol–water partition coefficient (Wildman–Crippen LogP) is 2.35. The van der Waals surface area contributed by atoms with Gasteiger partial charge in [-0.25, -0.2) is 9.78 Å². The predicted molar refractivity (Wildman–Crippen MR) is 78.7 cm³/mol. The molecule has 0 saturated heterocycles. The maximum absolute atomic E-state index is 12.5. The van der Waals surface area contributed by atoms with E-state index >= 15 is 0 Å². The normalized spacial score (nSPS) is 13.9. The molecule has 1 aliphatic rings. The number of carboxylic acids is 1. The minimum absolute atomic E-state index is 0.130.